The van der Waals surface area contributed by atoms with Crippen LogP contribution in [0.1, 0.15) is 0 Å². The molecule has 1 aromatic heterocycles. The average molecular weight is 261 g/mol. The van der Waals surface area contributed by atoms with Crippen molar-refractivity contribution in [1.29, 1.82) is 0 Å². The first-order valence-corrected chi connectivity index (χ1v) is 5.49. The smallest absolute Gasteiger partial charge is 0.214 e. The van der Waals surface area contributed by atoms with Crippen molar-refractivity contribution in [3.05, 3.63) is 34.2 Å². The summed E-state index contributed by atoms with van der Waals surface area (Å²) in [6.45, 7) is 0. The maximum Gasteiger partial charge on any atom is 0.214 e. The highest BCUT2D eigenvalue weighted by atomic mass is 79.9. The Morgan fingerprint density at radius 1 is 1.54 bits per heavy atom. The lowest BCUT2D eigenvalue weighted by atomic mass is 10.4. The van der Waals surface area contributed by atoms with Crippen molar-refractivity contribution in [1.82, 2.24) is 4.98 Å². The van der Waals surface area contributed by atoms with E-state index < -0.39 is 5.95 Å². The first kappa shape index (κ1) is 9.02. The highest BCUT2D eigenvalue weighted by molar-refractivity contribution is 9.12. The second kappa shape index (κ2) is 3.67. The van der Waals surface area contributed by atoms with E-state index in [2.05, 4.69) is 20.9 Å². The molecule has 68 valence electrons. The SMILES string of the molecule is Fc1cccc(N2CSC=C2Br)n1. The molecule has 0 amide bonds. The van der Waals surface area contributed by atoms with Gasteiger partial charge in [-0.2, -0.15) is 4.39 Å². The fraction of sp³-hybridized carbons (Fsp3) is 0.125. The molecule has 0 unspecified atom stereocenters. The van der Waals surface area contributed by atoms with E-state index in [1.165, 1.54) is 6.07 Å². The normalized spacial score (nSPS) is 16.2. The zero-order valence-electron chi connectivity index (χ0n) is 6.58. The van der Waals surface area contributed by atoms with Gasteiger partial charge in [0.2, 0.25) is 5.95 Å². The van der Waals surface area contributed by atoms with Gasteiger partial charge in [0.05, 0.1) is 10.5 Å². The summed E-state index contributed by atoms with van der Waals surface area (Å²) in [6.07, 6.45) is 0. The van der Waals surface area contributed by atoms with Gasteiger partial charge in [-0.3, -0.25) is 0 Å². The summed E-state index contributed by atoms with van der Waals surface area (Å²) in [4.78, 5) is 5.68. The highest BCUT2D eigenvalue weighted by Crippen LogP contribution is 2.31. The van der Waals surface area contributed by atoms with Crippen LogP contribution >= 0.6 is 27.7 Å². The Bertz CT molecular complexity index is 356. The minimum absolute atomic E-state index is 0.449. The molecule has 0 bridgehead atoms. The van der Waals surface area contributed by atoms with Crippen LogP contribution in [0.15, 0.2) is 28.2 Å². The fourth-order valence-corrected chi connectivity index (χ4v) is 2.66. The van der Waals surface area contributed by atoms with Crippen LogP contribution in [-0.2, 0) is 0 Å². The minimum Gasteiger partial charge on any atom is -0.310 e. The number of aromatic nitrogens is 1. The molecular weight excluding hydrogens is 255 g/mol. The first-order chi connectivity index (χ1) is 6.27. The van der Waals surface area contributed by atoms with E-state index in [-0.39, 0.29) is 0 Å². The van der Waals surface area contributed by atoms with Crippen molar-refractivity contribution in [2.75, 3.05) is 10.8 Å². The molecule has 1 aromatic rings. The second-order valence-corrected chi connectivity index (χ2v) is 4.12. The summed E-state index contributed by atoms with van der Waals surface area (Å²) in [6, 6.07) is 4.77. The van der Waals surface area contributed by atoms with Gasteiger partial charge in [-0.05, 0) is 28.1 Å². The predicted molar refractivity (Wildman–Crippen MR) is 56.1 cm³/mol. The molecule has 2 heterocycles. The molecule has 0 N–H and O–H groups in total. The molecular formula is C8H6BrFN2S. The maximum atomic E-state index is 12.8. The van der Waals surface area contributed by atoms with E-state index in [0.717, 1.165) is 10.5 Å². The van der Waals surface area contributed by atoms with Crippen molar-refractivity contribution in [3.63, 3.8) is 0 Å². The van der Waals surface area contributed by atoms with Gasteiger partial charge in [-0.25, -0.2) is 4.98 Å². The first-order valence-electron chi connectivity index (χ1n) is 3.65. The summed E-state index contributed by atoms with van der Waals surface area (Å²) in [7, 11) is 0. The summed E-state index contributed by atoms with van der Waals surface area (Å²) in [5.74, 6) is 0.958. The molecule has 2 nitrogen and oxygen atoms in total. The Balaban J connectivity index is 2.30. The molecule has 1 aliphatic heterocycles. The van der Waals surface area contributed by atoms with Gasteiger partial charge in [-0.1, -0.05) is 6.07 Å². The molecule has 1 aliphatic rings. The van der Waals surface area contributed by atoms with Crippen molar-refractivity contribution in [2.45, 2.75) is 0 Å². The molecule has 0 saturated heterocycles. The predicted octanol–water partition coefficient (Wildman–Crippen LogP) is 2.93. The molecule has 0 aliphatic carbocycles. The number of nitrogens with zero attached hydrogens (tertiary/aromatic N) is 2. The van der Waals surface area contributed by atoms with Crippen LogP contribution in [0.4, 0.5) is 10.2 Å². The van der Waals surface area contributed by atoms with Gasteiger partial charge < -0.3 is 4.90 Å². The molecule has 5 heteroatoms. The van der Waals surface area contributed by atoms with E-state index in [1.807, 2.05) is 10.3 Å². The molecule has 0 spiro atoms. The lowest BCUT2D eigenvalue weighted by Crippen LogP contribution is -2.16. The van der Waals surface area contributed by atoms with Crippen LogP contribution < -0.4 is 4.90 Å². The van der Waals surface area contributed by atoms with Gasteiger partial charge in [0.25, 0.3) is 0 Å². The number of thioether (sulfide) groups is 1. The van der Waals surface area contributed by atoms with Crippen molar-refractivity contribution in [3.8, 4) is 0 Å². The van der Waals surface area contributed by atoms with E-state index >= 15 is 0 Å². The second-order valence-electron chi connectivity index (χ2n) is 2.48. The number of pyridine rings is 1. The van der Waals surface area contributed by atoms with Crippen molar-refractivity contribution >= 4 is 33.5 Å². The molecule has 0 atom stereocenters. The molecule has 0 saturated carbocycles. The summed E-state index contributed by atoms with van der Waals surface area (Å²) < 4.78 is 13.7. The Morgan fingerprint density at radius 3 is 3.00 bits per heavy atom. The molecule has 0 fully saturated rings. The van der Waals surface area contributed by atoms with E-state index in [9.17, 15) is 4.39 Å². The molecule has 13 heavy (non-hydrogen) atoms. The summed E-state index contributed by atoms with van der Waals surface area (Å²) >= 11 is 5.02. The summed E-state index contributed by atoms with van der Waals surface area (Å²) in [5, 5.41) is 1.96. The van der Waals surface area contributed by atoms with Gasteiger partial charge in [-0.15, -0.1) is 11.8 Å². The Kier molecular flexibility index (Phi) is 2.55. The number of hydrogen-bond acceptors (Lipinski definition) is 3. The zero-order chi connectivity index (χ0) is 9.26. The van der Waals surface area contributed by atoms with Crippen LogP contribution in [0, 0.1) is 5.95 Å². The number of hydrogen-bond donors (Lipinski definition) is 0. The van der Waals surface area contributed by atoms with E-state index in [4.69, 9.17) is 0 Å². The third-order valence-electron chi connectivity index (χ3n) is 1.62. The Hall–Kier alpha value is -0.550. The highest BCUT2D eigenvalue weighted by Gasteiger charge is 2.16. The Labute approximate surface area is 88.0 Å². The van der Waals surface area contributed by atoms with Crippen LogP contribution in [0.3, 0.4) is 0 Å². The largest absolute Gasteiger partial charge is 0.310 e. The topological polar surface area (TPSA) is 16.1 Å². The van der Waals surface area contributed by atoms with Gasteiger partial charge in [0, 0.05) is 5.41 Å². The van der Waals surface area contributed by atoms with Gasteiger partial charge >= 0.3 is 0 Å². The van der Waals surface area contributed by atoms with E-state index in [0.29, 0.717) is 5.82 Å². The summed E-state index contributed by atoms with van der Waals surface area (Å²) in [5.41, 5.74) is 0. The number of rotatable bonds is 1. The van der Waals surface area contributed by atoms with Crippen LogP contribution in [0.5, 0.6) is 0 Å². The fourth-order valence-electron chi connectivity index (χ4n) is 1.03. The van der Waals surface area contributed by atoms with Crippen molar-refractivity contribution in [2.24, 2.45) is 0 Å². The quantitative estimate of drug-likeness (QED) is 0.571. The molecule has 0 aromatic carbocycles. The monoisotopic (exact) mass is 260 g/mol. The van der Waals surface area contributed by atoms with Crippen LogP contribution in [0.25, 0.3) is 0 Å². The zero-order valence-corrected chi connectivity index (χ0v) is 8.98. The third-order valence-corrected chi connectivity index (χ3v) is 3.38. The standard InChI is InChI=1S/C8H6BrFN2S/c9-6-4-13-5-12(6)8-3-1-2-7(10)11-8/h1-4H,5H2. The molecule has 0 radical (unpaired) electrons. The number of anilines is 1. The lowest BCUT2D eigenvalue weighted by Gasteiger charge is -2.15. The Morgan fingerprint density at radius 2 is 2.38 bits per heavy atom. The minimum atomic E-state index is -0.449. The van der Waals surface area contributed by atoms with Gasteiger partial charge in [0.15, 0.2) is 0 Å². The maximum absolute atomic E-state index is 12.8. The van der Waals surface area contributed by atoms with Crippen molar-refractivity contribution < 1.29 is 4.39 Å². The molecule has 2 rings (SSSR count). The average Bonchev–Trinajstić information content (AvgIpc) is 2.51. The van der Waals surface area contributed by atoms with Gasteiger partial charge in [0.1, 0.15) is 5.82 Å². The third kappa shape index (κ3) is 1.86. The van der Waals surface area contributed by atoms with Crippen LogP contribution in [0.2, 0.25) is 0 Å². The number of halogens is 2. The van der Waals surface area contributed by atoms with E-state index in [1.54, 1.807) is 23.9 Å². The lowest BCUT2D eigenvalue weighted by molar-refractivity contribution is 0.584. The van der Waals surface area contributed by atoms with Crippen LogP contribution in [-0.4, -0.2) is 10.9 Å².